The smallest absolute Gasteiger partial charge is 0.198 e. The van der Waals surface area contributed by atoms with Crippen molar-refractivity contribution in [1.82, 2.24) is 0 Å². The van der Waals surface area contributed by atoms with Crippen LogP contribution < -0.4 is 24.3 Å². The van der Waals surface area contributed by atoms with E-state index in [9.17, 15) is 4.79 Å². The molecule has 2 heterocycles. The van der Waals surface area contributed by atoms with Crippen LogP contribution in [0, 0.1) is 0 Å². The van der Waals surface area contributed by atoms with E-state index < -0.39 is 6.17 Å². The van der Waals surface area contributed by atoms with Gasteiger partial charge in [-0.3, -0.25) is 9.69 Å². The summed E-state index contributed by atoms with van der Waals surface area (Å²) in [7, 11) is 0. The summed E-state index contributed by atoms with van der Waals surface area (Å²) < 4.78 is 18.2. The largest absolute Gasteiger partial charge is 0.490 e. The average Bonchev–Trinajstić information content (AvgIpc) is 3.47. The highest BCUT2D eigenvalue weighted by molar-refractivity contribution is 6.44. The summed E-state index contributed by atoms with van der Waals surface area (Å²) in [4.78, 5) is 17.4. The second kappa shape index (κ2) is 13.8. The summed E-state index contributed by atoms with van der Waals surface area (Å²) in [5.41, 5.74) is 4.03. The third-order valence-electron chi connectivity index (χ3n) is 7.72. The number of Topliss-reactive ketones (excluding diaryl/α,β-unsaturated/α-hetero) is 1. The number of carbonyl (C=O) groups is 1. The Hall–Kier alpha value is -4.24. The van der Waals surface area contributed by atoms with Gasteiger partial charge in [-0.1, -0.05) is 71.7 Å². The van der Waals surface area contributed by atoms with Crippen LogP contribution in [0.25, 0.3) is 0 Å². The van der Waals surface area contributed by atoms with E-state index in [0.717, 1.165) is 35.6 Å². The number of halogens is 2. The maximum absolute atomic E-state index is 13.3. The molecule has 0 saturated carbocycles. The SMILES string of the molecule is CCOc1cccc([C@@H]2N(c3ccccc3)N=C(C(C)=O)N2c2ccc(N3CCOCC3)c(Cl)c2)c1OCc1ccccc1Cl. The molecular formula is C35H34Cl2N4O4. The molecule has 1 saturated heterocycles. The van der Waals surface area contributed by atoms with Crippen LogP contribution in [0.5, 0.6) is 11.5 Å². The molecular weight excluding hydrogens is 611 g/mol. The molecule has 4 aromatic rings. The summed E-state index contributed by atoms with van der Waals surface area (Å²) in [6, 6.07) is 29.0. The normalized spacial score (nSPS) is 16.5. The average molecular weight is 646 g/mol. The fourth-order valence-electron chi connectivity index (χ4n) is 5.62. The quantitative estimate of drug-likeness (QED) is 0.175. The van der Waals surface area contributed by atoms with E-state index in [4.69, 9.17) is 42.5 Å². The van der Waals surface area contributed by atoms with Crippen LogP contribution >= 0.6 is 23.2 Å². The molecule has 2 aliphatic heterocycles. The third-order valence-corrected chi connectivity index (χ3v) is 8.39. The minimum absolute atomic E-state index is 0.189. The molecule has 0 bridgehead atoms. The van der Waals surface area contributed by atoms with Crippen LogP contribution in [-0.4, -0.2) is 44.5 Å². The van der Waals surface area contributed by atoms with Crippen LogP contribution in [0.1, 0.15) is 31.1 Å². The van der Waals surface area contributed by atoms with Gasteiger partial charge in [-0.25, -0.2) is 5.01 Å². The number of ketones is 1. The number of rotatable bonds is 10. The first-order valence-corrected chi connectivity index (χ1v) is 15.7. The van der Waals surface area contributed by atoms with Crippen molar-refractivity contribution in [2.24, 2.45) is 5.10 Å². The zero-order valence-electron chi connectivity index (χ0n) is 25.2. The van der Waals surface area contributed by atoms with E-state index in [-0.39, 0.29) is 18.2 Å². The predicted octanol–water partition coefficient (Wildman–Crippen LogP) is 7.74. The number of benzene rings is 4. The van der Waals surface area contributed by atoms with E-state index >= 15 is 0 Å². The van der Waals surface area contributed by atoms with Crippen LogP contribution in [-0.2, 0) is 16.1 Å². The van der Waals surface area contributed by atoms with Gasteiger partial charge in [0.25, 0.3) is 0 Å². The van der Waals surface area contributed by atoms with E-state index in [1.807, 2.05) is 108 Å². The molecule has 0 aromatic heterocycles. The zero-order valence-corrected chi connectivity index (χ0v) is 26.7. The molecule has 2 aliphatic rings. The Morgan fingerprint density at radius 3 is 2.36 bits per heavy atom. The molecule has 8 nitrogen and oxygen atoms in total. The van der Waals surface area contributed by atoms with Crippen LogP contribution in [0.2, 0.25) is 10.0 Å². The van der Waals surface area contributed by atoms with Crippen molar-refractivity contribution >= 4 is 51.9 Å². The van der Waals surface area contributed by atoms with Crippen molar-refractivity contribution in [2.45, 2.75) is 26.6 Å². The minimum atomic E-state index is -0.613. The second-order valence-electron chi connectivity index (χ2n) is 10.6. The zero-order chi connectivity index (χ0) is 31.3. The van der Waals surface area contributed by atoms with Gasteiger partial charge in [-0.15, -0.1) is 5.10 Å². The summed E-state index contributed by atoms with van der Waals surface area (Å²) >= 11 is 13.4. The number of hydrazone groups is 1. The fraction of sp³-hybridized carbons (Fsp3) is 0.257. The Morgan fingerprint density at radius 2 is 1.64 bits per heavy atom. The highest BCUT2D eigenvalue weighted by Gasteiger charge is 2.41. The van der Waals surface area contributed by atoms with E-state index in [2.05, 4.69) is 4.90 Å². The Morgan fingerprint density at radius 1 is 0.889 bits per heavy atom. The van der Waals surface area contributed by atoms with Gasteiger partial charge in [0.05, 0.1) is 36.2 Å². The van der Waals surface area contributed by atoms with Gasteiger partial charge in [0.1, 0.15) is 6.61 Å². The van der Waals surface area contributed by atoms with Gasteiger partial charge in [0.15, 0.2) is 29.3 Å². The summed E-state index contributed by atoms with van der Waals surface area (Å²) in [6.07, 6.45) is -0.613. The fourth-order valence-corrected chi connectivity index (χ4v) is 6.10. The van der Waals surface area contributed by atoms with Crippen molar-refractivity contribution in [3.05, 3.63) is 112 Å². The van der Waals surface area contributed by atoms with Crippen molar-refractivity contribution in [1.29, 1.82) is 0 Å². The first-order valence-electron chi connectivity index (χ1n) is 14.9. The molecule has 1 atom stereocenters. The number of morpholine rings is 1. The molecule has 0 radical (unpaired) electrons. The highest BCUT2D eigenvalue weighted by atomic mass is 35.5. The number of hydrogen-bond acceptors (Lipinski definition) is 8. The van der Waals surface area contributed by atoms with Crippen LogP contribution in [0.4, 0.5) is 17.1 Å². The molecule has 0 unspecified atom stereocenters. The number of carbonyl (C=O) groups excluding carboxylic acids is 1. The highest BCUT2D eigenvalue weighted by Crippen LogP contribution is 2.46. The molecule has 0 N–H and O–H groups in total. The second-order valence-corrected chi connectivity index (χ2v) is 11.4. The van der Waals surface area contributed by atoms with Gasteiger partial charge >= 0.3 is 0 Å². The van der Waals surface area contributed by atoms with Gasteiger partial charge in [-0.05, 0) is 49.4 Å². The number of ether oxygens (including phenoxy) is 3. The molecule has 0 spiro atoms. The molecule has 232 valence electrons. The Balaban J connectivity index is 1.49. The Bertz CT molecular complexity index is 1690. The lowest BCUT2D eigenvalue weighted by atomic mass is 10.1. The minimum Gasteiger partial charge on any atom is -0.490 e. The topological polar surface area (TPSA) is 66.8 Å². The molecule has 0 amide bonds. The number of para-hydroxylation sites is 2. The van der Waals surface area contributed by atoms with Crippen molar-refractivity contribution in [3.8, 4) is 11.5 Å². The number of amidine groups is 1. The standard InChI is InChI=1S/C35H34Cl2N4O4/c1-3-44-32-15-9-13-28(33(32)45-23-25-10-7-8-14-29(25)36)35-40(34(24(2)42)38-41(35)26-11-5-4-6-12-26)27-16-17-31(30(37)22-27)39-18-20-43-21-19-39/h4-17,22,35H,3,18-21,23H2,1-2H3/t35-/m0/s1. The first kappa shape index (κ1) is 30.8. The molecule has 45 heavy (non-hydrogen) atoms. The summed E-state index contributed by atoms with van der Waals surface area (Å²) in [5.74, 6) is 1.20. The third kappa shape index (κ3) is 6.45. The summed E-state index contributed by atoms with van der Waals surface area (Å²) in [5, 5.41) is 7.93. The molecule has 0 aliphatic carbocycles. The lowest BCUT2D eigenvalue weighted by Crippen LogP contribution is -2.38. The van der Waals surface area contributed by atoms with E-state index in [0.29, 0.717) is 47.1 Å². The maximum atomic E-state index is 13.3. The lowest BCUT2D eigenvalue weighted by Gasteiger charge is -2.34. The number of hydrogen-bond donors (Lipinski definition) is 0. The summed E-state index contributed by atoms with van der Waals surface area (Å²) in [6.45, 7) is 6.91. The van der Waals surface area contributed by atoms with Gasteiger partial charge in [0, 0.05) is 41.9 Å². The van der Waals surface area contributed by atoms with Gasteiger partial charge < -0.3 is 19.1 Å². The molecule has 4 aromatic carbocycles. The maximum Gasteiger partial charge on any atom is 0.198 e. The number of anilines is 3. The molecule has 10 heteroatoms. The Kier molecular flexibility index (Phi) is 9.45. The van der Waals surface area contributed by atoms with Gasteiger partial charge in [-0.2, -0.15) is 0 Å². The van der Waals surface area contributed by atoms with Crippen molar-refractivity contribution < 1.29 is 19.0 Å². The van der Waals surface area contributed by atoms with Crippen LogP contribution in [0.15, 0.2) is 96.1 Å². The number of nitrogens with zero attached hydrogens (tertiary/aromatic N) is 4. The predicted molar refractivity (Wildman–Crippen MR) is 180 cm³/mol. The molecule has 6 rings (SSSR count). The first-order chi connectivity index (χ1) is 22.0. The van der Waals surface area contributed by atoms with Crippen molar-refractivity contribution in [3.63, 3.8) is 0 Å². The van der Waals surface area contributed by atoms with E-state index in [1.165, 1.54) is 6.92 Å². The Labute approximate surface area is 273 Å². The lowest BCUT2D eigenvalue weighted by molar-refractivity contribution is -0.111. The van der Waals surface area contributed by atoms with Crippen molar-refractivity contribution in [2.75, 3.05) is 47.7 Å². The molecule has 1 fully saturated rings. The van der Waals surface area contributed by atoms with E-state index in [1.54, 1.807) is 0 Å². The van der Waals surface area contributed by atoms with Gasteiger partial charge in [0.2, 0.25) is 0 Å². The van der Waals surface area contributed by atoms with Crippen LogP contribution in [0.3, 0.4) is 0 Å². The monoisotopic (exact) mass is 644 g/mol.